The van der Waals surface area contributed by atoms with Gasteiger partial charge in [-0.2, -0.15) is 12.7 Å². The zero-order valence-corrected chi connectivity index (χ0v) is 21.5. The van der Waals surface area contributed by atoms with E-state index < -0.39 is 28.2 Å². The van der Waals surface area contributed by atoms with Gasteiger partial charge in [0.05, 0.1) is 24.9 Å². The summed E-state index contributed by atoms with van der Waals surface area (Å²) in [5, 5.41) is 3.57. The van der Waals surface area contributed by atoms with E-state index in [1.165, 1.54) is 34.7 Å². The molecule has 10 nitrogen and oxygen atoms in total. The van der Waals surface area contributed by atoms with Crippen molar-refractivity contribution < 1.29 is 31.6 Å². The number of ether oxygens (including phenoxy) is 2. The maximum absolute atomic E-state index is 15.3. The fourth-order valence-electron chi connectivity index (χ4n) is 4.53. The van der Waals surface area contributed by atoms with Crippen molar-refractivity contribution in [3.63, 3.8) is 0 Å². The Morgan fingerprint density at radius 3 is 2.81 bits per heavy atom. The highest BCUT2D eigenvalue weighted by Gasteiger charge is 2.44. The van der Waals surface area contributed by atoms with Crippen molar-refractivity contribution in [1.82, 2.24) is 9.46 Å². The molecule has 0 aliphatic carbocycles. The van der Waals surface area contributed by atoms with Gasteiger partial charge >= 0.3 is 10.2 Å². The molecule has 1 amide bonds. The molecular formula is C23H22BrFN4O6S. The Morgan fingerprint density at radius 1 is 1.25 bits per heavy atom. The van der Waals surface area contributed by atoms with E-state index in [1.54, 1.807) is 24.3 Å². The third-order valence-corrected chi connectivity index (χ3v) is 8.16. The number of rotatable bonds is 6. The van der Waals surface area contributed by atoms with Gasteiger partial charge in [-0.1, -0.05) is 33.2 Å². The smallest absolute Gasteiger partial charge is 0.302 e. The summed E-state index contributed by atoms with van der Waals surface area (Å²) in [4.78, 5) is 14.4. The molecular weight excluding hydrogens is 559 g/mol. The van der Waals surface area contributed by atoms with Crippen LogP contribution in [0.3, 0.4) is 0 Å². The van der Waals surface area contributed by atoms with E-state index in [0.29, 0.717) is 16.9 Å². The Labute approximate surface area is 215 Å². The van der Waals surface area contributed by atoms with Crippen molar-refractivity contribution >= 4 is 43.6 Å². The number of carbonyl (C=O) groups excluding carboxylic acids is 1. The van der Waals surface area contributed by atoms with Crippen molar-refractivity contribution in [1.29, 1.82) is 0 Å². The van der Waals surface area contributed by atoms with E-state index in [9.17, 15) is 13.2 Å². The first kappa shape index (κ1) is 24.7. The number of nitrogens with zero attached hydrogens (tertiary/aromatic N) is 3. The number of piperidine rings is 1. The van der Waals surface area contributed by atoms with E-state index in [-0.39, 0.29) is 43.5 Å². The van der Waals surface area contributed by atoms with E-state index in [1.807, 2.05) is 6.07 Å². The number of nitrogens with one attached hydrogen (secondary N) is 1. The summed E-state index contributed by atoms with van der Waals surface area (Å²) < 4.78 is 61.3. The molecule has 36 heavy (non-hydrogen) atoms. The van der Waals surface area contributed by atoms with Crippen LogP contribution in [0.1, 0.15) is 6.42 Å². The number of morpholine rings is 1. The fraction of sp³-hybridized carbons (Fsp3) is 0.304. The van der Waals surface area contributed by atoms with Gasteiger partial charge in [0.1, 0.15) is 24.4 Å². The van der Waals surface area contributed by atoms with Crippen molar-refractivity contribution in [2.75, 3.05) is 36.4 Å². The summed E-state index contributed by atoms with van der Waals surface area (Å²) in [6.07, 6.45) is 0.906. The number of benzene rings is 2. The molecule has 1 aromatic heterocycles. The first-order valence-electron chi connectivity index (χ1n) is 11.0. The van der Waals surface area contributed by atoms with Gasteiger partial charge in [0.15, 0.2) is 5.82 Å². The Balaban J connectivity index is 1.43. The van der Waals surface area contributed by atoms with Crippen LogP contribution in [0.25, 0.3) is 11.1 Å². The molecule has 1 N–H and O–H groups in total. The molecule has 2 aliphatic rings. The quantitative estimate of drug-likeness (QED) is 0.475. The predicted molar refractivity (Wildman–Crippen MR) is 132 cm³/mol. The lowest BCUT2D eigenvalue weighted by Crippen LogP contribution is -2.62. The minimum absolute atomic E-state index is 0.00253. The highest BCUT2D eigenvalue weighted by Crippen LogP contribution is 2.40. The molecule has 13 heteroatoms. The van der Waals surface area contributed by atoms with Crippen LogP contribution < -0.4 is 14.4 Å². The van der Waals surface area contributed by atoms with Crippen LogP contribution in [-0.4, -0.2) is 62.7 Å². The molecule has 0 radical (unpaired) electrons. The Hall–Kier alpha value is -3.00. The molecule has 3 heterocycles. The summed E-state index contributed by atoms with van der Waals surface area (Å²) in [5.41, 5.74) is 1.25. The summed E-state index contributed by atoms with van der Waals surface area (Å²) in [5.74, 6) is -0.495. The van der Waals surface area contributed by atoms with Gasteiger partial charge in [-0.25, -0.2) is 4.39 Å². The van der Waals surface area contributed by atoms with Crippen LogP contribution in [0.15, 0.2) is 57.7 Å². The van der Waals surface area contributed by atoms with Crippen LogP contribution in [0.5, 0.6) is 5.75 Å². The van der Waals surface area contributed by atoms with Crippen molar-refractivity contribution in [3.8, 4) is 16.9 Å². The number of carbonyl (C=O) groups is 1. The molecule has 2 aromatic carbocycles. The lowest BCUT2D eigenvalue weighted by Gasteiger charge is -2.46. The lowest BCUT2D eigenvalue weighted by atomic mass is 9.97. The summed E-state index contributed by atoms with van der Waals surface area (Å²) in [7, 11) is -2.47. The molecule has 190 valence electrons. The number of hydrogen-bond acceptors (Lipinski definition) is 7. The summed E-state index contributed by atoms with van der Waals surface area (Å²) in [6.45, 7) is -0.158. The minimum atomic E-state index is -3.92. The van der Waals surface area contributed by atoms with Gasteiger partial charge in [-0.3, -0.25) is 9.52 Å². The molecule has 0 bridgehead atoms. The van der Waals surface area contributed by atoms with E-state index in [2.05, 4.69) is 30.3 Å². The molecule has 2 fully saturated rings. The third kappa shape index (κ3) is 4.71. The SMILES string of the molecule is COc1cc(-c2cccc(Br)c2)c(F)cc1N1C(=O)COC2CN(S(=O)(=O)Nc3ccon3)CCC21. The van der Waals surface area contributed by atoms with Crippen molar-refractivity contribution in [3.05, 3.63) is 59.0 Å². The van der Waals surface area contributed by atoms with E-state index >= 15 is 4.39 Å². The zero-order valence-electron chi connectivity index (χ0n) is 19.1. The Kier molecular flexibility index (Phi) is 6.72. The molecule has 0 saturated carbocycles. The van der Waals surface area contributed by atoms with Gasteiger partial charge in [0, 0.05) is 35.3 Å². The second-order valence-electron chi connectivity index (χ2n) is 8.33. The second-order valence-corrected chi connectivity index (χ2v) is 10.9. The molecule has 2 saturated heterocycles. The fourth-order valence-corrected chi connectivity index (χ4v) is 6.12. The summed E-state index contributed by atoms with van der Waals surface area (Å²) >= 11 is 3.40. The second kappa shape index (κ2) is 9.81. The molecule has 0 spiro atoms. The van der Waals surface area contributed by atoms with Crippen LogP contribution in [-0.2, 0) is 19.7 Å². The summed E-state index contributed by atoms with van der Waals surface area (Å²) in [6, 6.07) is 10.9. The first-order valence-corrected chi connectivity index (χ1v) is 13.3. The number of halogens is 2. The molecule has 2 aliphatic heterocycles. The Bertz CT molecular complexity index is 1390. The number of anilines is 2. The first-order chi connectivity index (χ1) is 17.3. The predicted octanol–water partition coefficient (Wildman–Crippen LogP) is 3.41. The molecule has 3 aromatic rings. The van der Waals surface area contributed by atoms with Crippen molar-refractivity contribution in [2.45, 2.75) is 18.6 Å². The topological polar surface area (TPSA) is 114 Å². The van der Waals surface area contributed by atoms with E-state index in [4.69, 9.17) is 9.47 Å². The van der Waals surface area contributed by atoms with Gasteiger partial charge in [-0.05, 0) is 30.2 Å². The number of hydrogen-bond donors (Lipinski definition) is 1. The van der Waals surface area contributed by atoms with Crippen molar-refractivity contribution in [2.24, 2.45) is 0 Å². The lowest BCUT2D eigenvalue weighted by molar-refractivity contribution is -0.134. The van der Waals surface area contributed by atoms with Gasteiger partial charge < -0.3 is 18.9 Å². The normalized spacial score (nSPS) is 20.8. The average molecular weight is 581 g/mol. The molecule has 5 rings (SSSR count). The number of methoxy groups -OCH3 is 1. The van der Waals surface area contributed by atoms with Crippen LogP contribution in [0, 0.1) is 5.82 Å². The third-order valence-electron chi connectivity index (χ3n) is 6.18. The number of aromatic nitrogens is 1. The Morgan fingerprint density at radius 2 is 2.08 bits per heavy atom. The van der Waals surface area contributed by atoms with Gasteiger partial charge in [-0.15, -0.1) is 0 Å². The monoisotopic (exact) mass is 580 g/mol. The highest BCUT2D eigenvalue weighted by molar-refractivity contribution is 9.10. The maximum Gasteiger partial charge on any atom is 0.302 e. The van der Waals surface area contributed by atoms with E-state index in [0.717, 1.165) is 4.47 Å². The number of fused-ring (bicyclic) bond motifs is 1. The van der Waals surface area contributed by atoms with Gasteiger partial charge in [0.25, 0.3) is 5.91 Å². The minimum Gasteiger partial charge on any atom is -0.495 e. The number of amides is 1. The van der Waals surface area contributed by atoms with Crippen LogP contribution >= 0.6 is 15.9 Å². The standard InChI is InChI=1S/C23H22BrFN4O6S/c1-33-20-10-16(14-3-2-4-15(24)9-14)17(25)11-19(20)29-18-5-7-28(12-21(18)34-13-23(29)30)36(31,32)27-22-6-8-35-26-22/h2-4,6,8-11,18,21H,5,7,12-13H2,1H3,(H,26,27). The van der Waals surface area contributed by atoms with Crippen LogP contribution in [0.2, 0.25) is 0 Å². The average Bonchev–Trinajstić information content (AvgIpc) is 3.36. The largest absolute Gasteiger partial charge is 0.495 e. The van der Waals surface area contributed by atoms with Gasteiger partial charge in [0.2, 0.25) is 0 Å². The maximum atomic E-state index is 15.3. The zero-order chi connectivity index (χ0) is 25.4. The molecule has 2 unspecified atom stereocenters. The van der Waals surface area contributed by atoms with Crippen LogP contribution in [0.4, 0.5) is 15.9 Å². The molecule has 2 atom stereocenters. The highest BCUT2D eigenvalue weighted by atomic mass is 79.9.